The molecule has 0 aliphatic carbocycles. The van der Waals surface area contributed by atoms with E-state index in [0.29, 0.717) is 11.8 Å². The van der Waals surface area contributed by atoms with Gasteiger partial charge in [-0.2, -0.15) is 0 Å². The first-order valence-electron chi connectivity index (χ1n) is 7.45. The quantitative estimate of drug-likeness (QED) is 0.664. The highest BCUT2D eigenvalue weighted by Crippen LogP contribution is 2.31. The van der Waals surface area contributed by atoms with Crippen LogP contribution >= 0.6 is 0 Å². The van der Waals surface area contributed by atoms with Crippen molar-refractivity contribution in [3.63, 3.8) is 0 Å². The Labute approximate surface area is 134 Å². The predicted molar refractivity (Wildman–Crippen MR) is 92.8 cm³/mol. The average Bonchev–Trinajstić information content (AvgIpc) is 2.83. The lowest BCUT2D eigenvalue weighted by atomic mass is 10.2. The lowest BCUT2D eigenvalue weighted by Gasteiger charge is -2.09. The van der Waals surface area contributed by atoms with Crippen LogP contribution in [-0.4, -0.2) is 11.8 Å². The maximum atomic E-state index is 6.07. The second-order valence-corrected chi connectivity index (χ2v) is 5.16. The molecule has 3 aromatic carbocycles. The minimum atomic E-state index is 0.554. The smallest absolute Gasteiger partial charge is 0.229 e. The van der Waals surface area contributed by atoms with Gasteiger partial charge in [0.15, 0.2) is 0 Å². The zero-order chi connectivity index (χ0) is 15.5. The predicted octanol–water partition coefficient (Wildman–Crippen LogP) is 4.87. The Morgan fingerprint density at radius 1 is 0.478 bits per heavy atom. The number of para-hydroxylation sites is 2. The van der Waals surface area contributed by atoms with Gasteiger partial charge in [-0.3, -0.25) is 0 Å². The van der Waals surface area contributed by atoms with Gasteiger partial charge < -0.3 is 4.74 Å². The molecule has 4 rings (SSSR count). The van der Waals surface area contributed by atoms with Gasteiger partial charge in [0.25, 0.3) is 0 Å². The van der Waals surface area contributed by atoms with Crippen molar-refractivity contribution in [2.24, 2.45) is 9.98 Å². The SMILES string of the molecule is c1ccc(C2=Nc3ccccc3N=C(c3ccccc3)O2)cc1. The molecule has 0 saturated carbocycles. The summed E-state index contributed by atoms with van der Waals surface area (Å²) in [4.78, 5) is 9.33. The van der Waals surface area contributed by atoms with E-state index in [1.807, 2.05) is 84.9 Å². The zero-order valence-electron chi connectivity index (χ0n) is 12.4. The van der Waals surface area contributed by atoms with Gasteiger partial charge in [0.05, 0.1) is 11.4 Å². The van der Waals surface area contributed by atoms with Crippen LogP contribution in [0.2, 0.25) is 0 Å². The standard InChI is InChI=1S/C20H14N2O/c1-3-9-15(10-4-1)19-21-17-13-7-8-14-18(17)22-20(23-19)16-11-5-2-6-12-16/h1-14H. The fourth-order valence-corrected chi connectivity index (χ4v) is 2.42. The summed E-state index contributed by atoms with van der Waals surface area (Å²) >= 11 is 0. The Kier molecular flexibility index (Phi) is 3.45. The normalized spacial score (nSPS) is 13.2. The highest BCUT2D eigenvalue weighted by Gasteiger charge is 2.17. The van der Waals surface area contributed by atoms with Gasteiger partial charge in [-0.05, 0) is 36.4 Å². The Bertz CT molecular complexity index is 809. The van der Waals surface area contributed by atoms with Gasteiger partial charge in [0.1, 0.15) is 0 Å². The van der Waals surface area contributed by atoms with Crippen LogP contribution in [0.15, 0.2) is 94.9 Å². The van der Waals surface area contributed by atoms with Crippen LogP contribution in [0.5, 0.6) is 0 Å². The van der Waals surface area contributed by atoms with Crippen molar-refractivity contribution in [2.75, 3.05) is 0 Å². The monoisotopic (exact) mass is 298 g/mol. The summed E-state index contributed by atoms with van der Waals surface area (Å²) < 4.78 is 6.07. The third-order valence-corrected chi connectivity index (χ3v) is 3.56. The molecule has 1 heterocycles. The number of hydrogen-bond acceptors (Lipinski definition) is 3. The number of nitrogens with zero attached hydrogens (tertiary/aromatic N) is 2. The highest BCUT2D eigenvalue weighted by molar-refractivity contribution is 6.10. The molecule has 0 saturated heterocycles. The van der Waals surface area contributed by atoms with Crippen molar-refractivity contribution in [3.05, 3.63) is 96.1 Å². The summed E-state index contributed by atoms with van der Waals surface area (Å²) in [5, 5.41) is 0. The second-order valence-electron chi connectivity index (χ2n) is 5.16. The first-order chi connectivity index (χ1) is 11.4. The maximum Gasteiger partial charge on any atom is 0.229 e. The van der Waals surface area contributed by atoms with Crippen molar-refractivity contribution in [1.82, 2.24) is 0 Å². The lowest BCUT2D eigenvalue weighted by Crippen LogP contribution is -2.13. The lowest BCUT2D eigenvalue weighted by molar-refractivity contribution is 0.551. The van der Waals surface area contributed by atoms with E-state index in [0.717, 1.165) is 22.5 Å². The van der Waals surface area contributed by atoms with Crippen LogP contribution in [0, 0.1) is 0 Å². The van der Waals surface area contributed by atoms with E-state index in [-0.39, 0.29) is 0 Å². The van der Waals surface area contributed by atoms with E-state index >= 15 is 0 Å². The highest BCUT2D eigenvalue weighted by atomic mass is 16.5. The average molecular weight is 298 g/mol. The number of rotatable bonds is 2. The van der Waals surface area contributed by atoms with Gasteiger partial charge in [-0.1, -0.05) is 48.5 Å². The number of ether oxygens (including phenoxy) is 1. The third kappa shape index (κ3) is 2.77. The van der Waals surface area contributed by atoms with Crippen molar-refractivity contribution in [1.29, 1.82) is 0 Å². The van der Waals surface area contributed by atoms with Crippen LogP contribution in [-0.2, 0) is 4.74 Å². The molecule has 0 N–H and O–H groups in total. The Morgan fingerprint density at radius 3 is 1.30 bits per heavy atom. The van der Waals surface area contributed by atoms with E-state index < -0.39 is 0 Å². The van der Waals surface area contributed by atoms with Crippen LogP contribution in [0.4, 0.5) is 11.4 Å². The van der Waals surface area contributed by atoms with Crippen molar-refractivity contribution < 1.29 is 4.74 Å². The fraction of sp³-hybridized carbons (Fsp3) is 0. The van der Waals surface area contributed by atoms with Crippen molar-refractivity contribution >= 4 is 23.2 Å². The summed E-state index contributed by atoms with van der Waals surface area (Å²) in [5.41, 5.74) is 3.45. The Hall–Kier alpha value is -3.20. The number of benzene rings is 3. The summed E-state index contributed by atoms with van der Waals surface area (Å²) in [5.74, 6) is 1.11. The maximum absolute atomic E-state index is 6.07. The molecule has 0 amide bonds. The summed E-state index contributed by atoms with van der Waals surface area (Å²) in [6, 6.07) is 27.5. The minimum absolute atomic E-state index is 0.554. The van der Waals surface area contributed by atoms with Crippen LogP contribution in [0.25, 0.3) is 0 Å². The molecule has 0 unspecified atom stereocenters. The van der Waals surface area contributed by atoms with Crippen LogP contribution in [0.3, 0.4) is 0 Å². The molecular weight excluding hydrogens is 284 g/mol. The van der Waals surface area contributed by atoms with Gasteiger partial charge in [0, 0.05) is 11.1 Å². The van der Waals surface area contributed by atoms with Gasteiger partial charge in [-0.15, -0.1) is 0 Å². The van der Waals surface area contributed by atoms with E-state index in [1.165, 1.54) is 0 Å². The second kappa shape index (κ2) is 5.89. The number of fused-ring (bicyclic) bond motifs is 1. The molecule has 0 aromatic heterocycles. The zero-order valence-corrected chi connectivity index (χ0v) is 12.4. The summed E-state index contributed by atoms with van der Waals surface area (Å²) in [6.45, 7) is 0. The van der Waals surface area contributed by atoms with Crippen LogP contribution < -0.4 is 0 Å². The molecule has 0 fully saturated rings. The molecule has 3 nitrogen and oxygen atoms in total. The summed E-state index contributed by atoms with van der Waals surface area (Å²) in [6.07, 6.45) is 0. The number of aliphatic imine (C=N–C) groups is 2. The largest absolute Gasteiger partial charge is 0.419 e. The first kappa shape index (κ1) is 13.5. The topological polar surface area (TPSA) is 34.0 Å². The number of hydrogen-bond donors (Lipinski definition) is 0. The molecule has 0 atom stereocenters. The molecule has 1 aliphatic rings. The Morgan fingerprint density at radius 2 is 0.870 bits per heavy atom. The molecule has 0 radical (unpaired) electrons. The summed E-state index contributed by atoms with van der Waals surface area (Å²) in [7, 11) is 0. The molecule has 3 heteroatoms. The first-order valence-corrected chi connectivity index (χ1v) is 7.45. The fourth-order valence-electron chi connectivity index (χ4n) is 2.42. The van der Waals surface area contributed by atoms with Crippen molar-refractivity contribution in [3.8, 4) is 0 Å². The molecule has 3 aromatic rings. The molecule has 23 heavy (non-hydrogen) atoms. The van der Waals surface area contributed by atoms with E-state index in [1.54, 1.807) is 0 Å². The third-order valence-electron chi connectivity index (χ3n) is 3.56. The van der Waals surface area contributed by atoms with Gasteiger partial charge in [-0.25, -0.2) is 9.98 Å². The van der Waals surface area contributed by atoms with Gasteiger partial charge in [0.2, 0.25) is 11.8 Å². The molecule has 110 valence electrons. The molecule has 0 bridgehead atoms. The van der Waals surface area contributed by atoms with E-state index in [2.05, 4.69) is 9.98 Å². The van der Waals surface area contributed by atoms with Crippen LogP contribution in [0.1, 0.15) is 11.1 Å². The van der Waals surface area contributed by atoms with Crippen molar-refractivity contribution in [2.45, 2.75) is 0 Å². The molecule has 0 spiro atoms. The molecular formula is C20H14N2O. The van der Waals surface area contributed by atoms with E-state index in [9.17, 15) is 0 Å². The molecule has 1 aliphatic heterocycles. The minimum Gasteiger partial charge on any atom is -0.419 e. The Balaban J connectivity index is 1.87. The van der Waals surface area contributed by atoms with Gasteiger partial charge >= 0.3 is 0 Å². The van der Waals surface area contributed by atoms with E-state index in [4.69, 9.17) is 4.74 Å².